The van der Waals surface area contributed by atoms with Crippen LogP contribution in [-0.2, 0) is 0 Å². The van der Waals surface area contributed by atoms with Crippen LogP contribution in [0.2, 0.25) is 0 Å². The molecule has 2 N–H and O–H groups in total. The predicted molar refractivity (Wildman–Crippen MR) is 91.5 cm³/mol. The fourth-order valence-electron chi connectivity index (χ4n) is 2.34. The summed E-state index contributed by atoms with van der Waals surface area (Å²) in [5.74, 6) is 0.272. The normalized spacial score (nSPS) is 10.3. The second-order valence-electron chi connectivity index (χ2n) is 5.20. The van der Waals surface area contributed by atoms with Crippen molar-refractivity contribution in [2.45, 2.75) is 26.7 Å². The van der Waals surface area contributed by atoms with E-state index in [0.717, 1.165) is 25.9 Å². The minimum absolute atomic E-state index is 0.214. The van der Waals surface area contributed by atoms with E-state index in [0.29, 0.717) is 17.5 Å². The lowest BCUT2D eigenvalue weighted by Gasteiger charge is -2.21. The Bertz CT molecular complexity index is 655. The number of benzene rings is 1. The maximum atomic E-state index is 11.3. The summed E-state index contributed by atoms with van der Waals surface area (Å²) in [5, 5.41) is 12.3. The molecule has 23 heavy (non-hydrogen) atoms. The van der Waals surface area contributed by atoms with Gasteiger partial charge in [0.2, 0.25) is 5.95 Å². The average molecular weight is 314 g/mol. The van der Waals surface area contributed by atoms with Gasteiger partial charge in [0.15, 0.2) is 0 Å². The second-order valence-corrected chi connectivity index (χ2v) is 5.20. The van der Waals surface area contributed by atoms with Gasteiger partial charge in [0.25, 0.3) is 0 Å². The third-order valence-electron chi connectivity index (χ3n) is 3.33. The van der Waals surface area contributed by atoms with Crippen molar-refractivity contribution in [1.29, 1.82) is 0 Å². The number of aromatic nitrogens is 2. The molecule has 1 aromatic heterocycles. The van der Waals surface area contributed by atoms with Crippen molar-refractivity contribution in [2.75, 3.05) is 23.3 Å². The number of para-hydroxylation sites is 1. The summed E-state index contributed by atoms with van der Waals surface area (Å²) in [5.41, 5.74) is 0.730. The summed E-state index contributed by atoms with van der Waals surface area (Å²) in [6, 6.07) is 8.51. The van der Waals surface area contributed by atoms with Gasteiger partial charge >= 0.3 is 5.97 Å². The van der Waals surface area contributed by atoms with Gasteiger partial charge in [-0.1, -0.05) is 26.0 Å². The van der Waals surface area contributed by atoms with Crippen molar-refractivity contribution < 1.29 is 9.90 Å². The molecule has 1 aromatic carbocycles. The summed E-state index contributed by atoms with van der Waals surface area (Å²) in [4.78, 5) is 22.3. The van der Waals surface area contributed by atoms with E-state index < -0.39 is 5.97 Å². The molecule has 2 aromatic rings. The van der Waals surface area contributed by atoms with E-state index >= 15 is 0 Å². The van der Waals surface area contributed by atoms with Crippen molar-refractivity contribution in [1.82, 2.24) is 9.97 Å². The highest BCUT2D eigenvalue weighted by Gasteiger charge is 2.12. The van der Waals surface area contributed by atoms with Gasteiger partial charge in [0.1, 0.15) is 5.82 Å². The van der Waals surface area contributed by atoms with E-state index in [9.17, 15) is 9.90 Å². The Morgan fingerprint density at radius 3 is 2.52 bits per heavy atom. The Morgan fingerprint density at radius 2 is 1.87 bits per heavy atom. The first kappa shape index (κ1) is 16.7. The molecule has 0 aliphatic carbocycles. The van der Waals surface area contributed by atoms with Crippen molar-refractivity contribution >= 4 is 23.4 Å². The first-order valence-corrected chi connectivity index (χ1v) is 7.83. The number of carboxylic acid groups (broad SMARTS) is 1. The molecular formula is C17H22N4O2. The van der Waals surface area contributed by atoms with Crippen LogP contribution in [0, 0.1) is 0 Å². The smallest absolute Gasteiger partial charge is 0.337 e. The van der Waals surface area contributed by atoms with Gasteiger partial charge in [-0.3, -0.25) is 0 Å². The van der Waals surface area contributed by atoms with E-state index in [1.807, 2.05) is 0 Å². The van der Waals surface area contributed by atoms with Crippen LogP contribution < -0.4 is 10.2 Å². The predicted octanol–water partition coefficient (Wildman–Crippen LogP) is 3.54. The third kappa shape index (κ3) is 4.42. The van der Waals surface area contributed by atoms with Crippen LogP contribution in [0.3, 0.4) is 0 Å². The van der Waals surface area contributed by atoms with Crippen molar-refractivity contribution in [3.05, 3.63) is 42.1 Å². The number of nitrogens with one attached hydrogen (secondary N) is 1. The van der Waals surface area contributed by atoms with Crippen molar-refractivity contribution in [3.8, 4) is 0 Å². The molecule has 0 amide bonds. The molecule has 0 bridgehead atoms. The number of carboxylic acids is 1. The van der Waals surface area contributed by atoms with Gasteiger partial charge in [-0.2, -0.15) is 4.98 Å². The lowest BCUT2D eigenvalue weighted by atomic mass is 10.2. The highest BCUT2D eigenvalue weighted by atomic mass is 16.4. The highest BCUT2D eigenvalue weighted by Crippen LogP contribution is 2.21. The first-order valence-electron chi connectivity index (χ1n) is 7.83. The van der Waals surface area contributed by atoms with Crippen LogP contribution in [0.25, 0.3) is 0 Å². The molecule has 0 saturated heterocycles. The fraction of sp³-hybridized carbons (Fsp3) is 0.353. The molecule has 2 rings (SSSR count). The number of hydrogen-bond acceptors (Lipinski definition) is 5. The summed E-state index contributed by atoms with van der Waals surface area (Å²) < 4.78 is 0. The molecule has 6 heteroatoms. The molecule has 0 fully saturated rings. The van der Waals surface area contributed by atoms with E-state index in [2.05, 4.69) is 34.0 Å². The number of aromatic carboxylic acids is 1. The van der Waals surface area contributed by atoms with Gasteiger partial charge in [0, 0.05) is 19.3 Å². The molecule has 6 nitrogen and oxygen atoms in total. The lowest BCUT2D eigenvalue weighted by molar-refractivity contribution is 0.0698. The SMILES string of the molecule is CCCN(CCC)c1nccc(Nc2ccccc2C(=O)O)n1. The molecule has 0 radical (unpaired) electrons. The molecular weight excluding hydrogens is 292 g/mol. The number of nitrogens with zero attached hydrogens (tertiary/aromatic N) is 3. The molecule has 0 saturated carbocycles. The Kier molecular flexibility index (Phi) is 5.91. The Balaban J connectivity index is 2.25. The minimum Gasteiger partial charge on any atom is -0.478 e. The molecule has 0 unspecified atom stereocenters. The van der Waals surface area contributed by atoms with Gasteiger partial charge < -0.3 is 15.3 Å². The van der Waals surface area contributed by atoms with E-state index in [-0.39, 0.29) is 5.56 Å². The Hall–Kier alpha value is -2.63. The largest absolute Gasteiger partial charge is 0.478 e. The van der Waals surface area contributed by atoms with Crippen molar-refractivity contribution in [2.24, 2.45) is 0 Å². The van der Waals surface area contributed by atoms with Crippen LogP contribution in [0.4, 0.5) is 17.5 Å². The van der Waals surface area contributed by atoms with E-state index in [1.54, 1.807) is 36.5 Å². The molecule has 0 spiro atoms. The zero-order valence-electron chi connectivity index (χ0n) is 13.5. The maximum absolute atomic E-state index is 11.3. The number of anilines is 3. The fourth-order valence-corrected chi connectivity index (χ4v) is 2.34. The van der Waals surface area contributed by atoms with Gasteiger partial charge in [0.05, 0.1) is 11.3 Å². The van der Waals surface area contributed by atoms with Gasteiger partial charge in [-0.15, -0.1) is 0 Å². The number of hydrogen-bond donors (Lipinski definition) is 2. The first-order chi connectivity index (χ1) is 11.2. The standard InChI is InChI=1S/C17H22N4O2/c1-3-11-21(12-4-2)17-18-10-9-15(20-17)19-14-8-6-5-7-13(14)16(22)23/h5-10H,3-4,11-12H2,1-2H3,(H,22,23)(H,18,19,20). The minimum atomic E-state index is -0.971. The topological polar surface area (TPSA) is 78.4 Å². The third-order valence-corrected chi connectivity index (χ3v) is 3.33. The average Bonchev–Trinajstić information content (AvgIpc) is 2.55. The molecule has 0 aliphatic heterocycles. The van der Waals surface area contributed by atoms with Gasteiger partial charge in [-0.05, 0) is 31.0 Å². The summed E-state index contributed by atoms with van der Waals surface area (Å²) in [7, 11) is 0. The molecule has 0 aliphatic rings. The van der Waals surface area contributed by atoms with Crippen molar-refractivity contribution in [3.63, 3.8) is 0 Å². The van der Waals surface area contributed by atoms with Gasteiger partial charge in [-0.25, -0.2) is 9.78 Å². The van der Waals surface area contributed by atoms with E-state index in [4.69, 9.17) is 0 Å². The summed E-state index contributed by atoms with van der Waals surface area (Å²) >= 11 is 0. The van der Waals surface area contributed by atoms with E-state index in [1.165, 1.54) is 0 Å². The number of rotatable bonds is 8. The Labute approximate surface area is 136 Å². The van der Waals surface area contributed by atoms with Crippen LogP contribution >= 0.6 is 0 Å². The second kappa shape index (κ2) is 8.12. The zero-order chi connectivity index (χ0) is 16.7. The monoisotopic (exact) mass is 314 g/mol. The lowest BCUT2D eigenvalue weighted by Crippen LogP contribution is -2.27. The molecule has 1 heterocycles. The quantitative estimate of drug-likeness (QED) is 0.776. The van der Waals surface area contributed by atoms with Crippen LogP contribution in [0.15, 0.2) is 36.5 Å². The van der Waals surface area contributed by atoms with Crippen LogP contribution in [0.5, 0.6) is 0 Å². The maximum Gasteiger partial charge on any atom is 0.337 e. The summed E-state index contributed by atoms with van der Waals surface area (Å²) in [6.07, 6.45) is 3.72. The summed E-state index contributed by atoms with van der Waals surface area (Å²) in [6.45, 7) is 6.02. The highest BCUT2D eigenvalue weighted by molar-refractivity contribution is 5.94. The molecule has 122 valence electrons. The Morgan fingerprint density at radius 1 is 1.17 bits per heavy atom. The van der Waals surface area contributed by atoms with Crippen LogP contribution in [0.1, 0.15) is 37.0 Å². The zero-order valence-corrected chi connectivity index (χ0v) is 13.5. The molecule has 0 atom stereocenters. The number of carbonyl (C=O) groups is 1. The van der Waals surface area contributed by atoms with Crippen LogP contribution in [-0.4, -0.2) is 34.1 Å².